The first-order valence-electron chi connectivity index (χ1n) is 7.33. The lowest BCUT2D eigenvalue weighted by Gasteiger charge is -2.19. The second-order valence-corrected chi connectivity index (χ2v) is 5.75. The first-order chi connectivity index (χ1) is 10.2. The van der Waals surface area contributed by atoms with E-state index in [2.05, 4.69) is 40.3 Å². The molecule has 0 amide bonds. The van der Waals surface area contributed by atoms with Gasteiger partial charge in [-0.2, -0.15) is 0 Å². The highest BCUT2D eigenvalue weighted by molar-refractivity contribution is 9.10. The van der Waals surface area contributed by atoms with E-state index in [4.69, 9.17) is 14.2 Å². The van der Waals surface area contributed by atoms with Crippen LogP contribution in [0.1, 0.15) is 18.9 Å². The summed E-state index contributed by atoms with van der Waals surface area (Å²) in [6, 6.07) is 6.50. The van der Waals surface area contributed by atoms with Gasteiger partial charge in [-0.25, -0.2) is 0 Å². The number of benzene rings is 1. The van der Waals surface area contributed by atoms with Crippen molar-refractivity contribution < 1.29 is 14.2 Å². The summed E-state index contributed by atoms with van der Waals surface area (Å²) < 4.78 is 16.9. The van der Waals surface area contributed by atoms with Crippen LogP contribution in [0.5, 0.6) is 5.75 Å². The Balaban J connectivity index is 2.55. The lowest BCUT2D eigenvalue weighted by molar-refractivity contribution is 0.0587. The van der Waals surface area contributed by atoms with Crippen LogP contribution in [0.3, 0.4) is 0 Å². The normalized spacial score (nSPS) is 12.4. The van der Waals surface area contributed by atoms with E-state index >= 15 is 0 Å². The molecule has 1 unspecified atom stereocenters. The van der Waals surface area contributed by atoms with Crippen LogP contribution in [-0.4, -0.2) is 46.6 Å². The Bertz CT molecular complexity index is 401. The Morgan fingerprint density at radius 3 is 2.67 bits per heavy atom. The Labute approximate surface area is 136 Å². The van der Waals surface area contributed by atoms with E-state index in [1.807, 2.05) is 6.07 Å². The maximum Gasteiger partial charge on any atom is 0.133 e. The van der Waals surface area contributed by atoms with Gasteiger partial charge in [0.05, 0.1) is 31.4 Å². The zero-order chi connectivity index (χ0) is 15.5. The average molecular weight is 360 g/mol. The predicted octanol–water partition coefficient (Wildman–Crippen LogP) is 3.03. The van der Waals surface area contributed by atoms with Crippen molar-refractivity contribution in [1.82, 2.24) is 5.32 Å². The molecule has 0 heterocycles. The molecule has 0 bridgehead atoms. The van der Waals surface area contributed by atoms with Crippen LogP contribution in [0.15, 0.2) is 22.7 Å². The van der Waals surface area contributed by atoms with Crippen molar-refractivity contribution in [3.63, 3.8) is 0 Å². The minimum atomic E-state index is 0.308. The zero-order valence-corrected chi connectivity index (χ0v) is 14.7. The molecule has 120 valence electrons. The fourth-order valence-electron chi connectivity index (χ4n) is 2.03. The molecule has 1 atom stereocenters. The minimum Gasteiger partial charge on any atom is -0.496 e. The number of ether oxygens (including phenoxy) is 3. The highest BCUT2D eigenvalue weighted by Crippen LogP contribution is 2.26. The number of nitrogens with one attached hydrogen (secondary N) is 1. The van der Waals surface area contributed by atoms with Crippen LogP contribution in [0.25, 0.3) is 0 Å². The van der Waals surface area contributed by atoms with Gasteiger partial charge in [0.25, 0.3) is 0 Å². The van der Waals surface area contributed by atoms with Gasteiger partial charge in [0.1, 0.15) is 5.75 Å². The van der Waals surface area contributed by atoms with E-state index < -0.39 is 0 Å². The highest BCUT2D eigenvalue weighted by atomic mass is 79.9. The quantitative estimate of drug-likeness (QED) is 0.616. The van der Waals surface area contributed by atoms with Crippen LogP contribution in [0, 0.1) is 0 Å². The van der Waals surface area contributed by atoms with Crippen LogP contribution in [-0.2, 0) is 15.9 Å². The molecule has 5 heteroatoms. The van der Waals surface area contributed by atoms with Crippen LogP contribution in [0.4, 0.5) is 0 Å². The molecule has 0 aliphatic heterocycles. The molecule has 1 aromatic carbocycles. The van der Waals surface area contributed by atoms with Gasteiger partial charge in [0.2, 0.25) is 0 Å². The smallest absolute Gasteiger partial charge is 0.133 e. The molecule has 0 saturated carbocycles. The van der Waals surface area contributed by atoms with Crippen molar-refractivity contribution in [2.45, 2.75) is 25.8 Å². The van der Waals surface area contributed by atoms with Gasteiger partial charge in [-0.15, -0.1) is 0 Å². The van der Waals surface area contributed by atoms with E-state index in [0.717, 1.165) is 29.6 Å². The Hall–Kier alpha value is -0.620. The Morgan fingerprint density at radius 2 is 2.05 bits per heavy atom. The van der Waals surface area contributed by atoms with Gasteiger partial charge in [0.15, 0.2) is 0 Å². The van der Waals surface area contributed by atoms with Gasteiger partial charge in [-0.3, -0.25) is 0 Å². The number of hydrogen-bond acceptors (Lipinski definition) is 4. The standard InChI is InChI=1S/C16H26BrNO3/c1-4-7-18-14(12-21-9-8-19-2)10-13-5-6-16(20-3)15(17)11-13/h5-6,11,14,18H,4,7-10,12H2,1-3H3. The van der Waals surface area contributed by atoms with Gasteiger partial charge in [-0.1, -0.05) is 13.0 Å². The number of rotatable bonds is 11. The maximum atomic E-state index is 5.66. The second-order valence-electron chi connectivity index (χ2n) is 4.89. The monoisotopic (exact) mass is 359 g/mol. The number of methoxy groups -OCH3 is 2. The van der Waals surface area contributed by atoms with Gasteiger partial charge >= 0.3 is 0 Å². The van der Waals surface area contributed by atoms with Crippen molar-refractivity contribution in [2.24, 2.45) is 0 Å². The van der Waals surface area contributed by atoms with E-state index in [1.165, 1.54) is 5.56 Å². The summed E-state index contributed by atoms with van der Waals surface area (Å²) in [6.07, 6.45) is 2.04. The number of hydrogen-bond donors (Lipinski definition) is 1. The van der Waals surface area contributed by atoms with Crippen LogP contribution in [0.2, 0.25) is 0 Å². The zero-order valence-electron chi connectivity index (χ0n) is 13.2. The molecule has 0 aliphatic rings. The van der Waals surface area contributed by atoms with Crippen molar-refractivity contribution >= 4 is 15.9 Å². The van der Waals surface area contributed by atoms with Crippen molar-refractivity contribution in [3.05, 3.63) is 28.2 Å². The third-order valence-corrected chi connectivity index (χ3v) is 3.75. The molecule has 0 radical (unpaired) electrons. The first kappa shape index (κ1) is 18.4. The SMILES string of the molecule is CCCNC(COCCOC)Cc1ccc(OC)c(Br)c1. The number of halogens is 1. The summed E-state index contributed by atoms with van der Waals surface area (Å²) in [4.78, 5) is 0. The molecule has 0 spiro atoms. The lowest BCUT2D eigenvalue weighted by Crippen LogP contribution is -2.36. The predicted molar refractivity (Wildman–Crippen MR) is 89.2 cm³/mol. The first-order valence-corrected chi connectivity index (χ1v) is 8.13. The lowest BCUT2D eigenvalue weighted by atomic mass is 10.1. The molecular weight excluding hydrogens is 334 g/mol. The summed E-state index contributed by atoms with van der Waals surface area (Å²) in [6.45, 7) is 5.12. The second kappa shape index (κ2) is 11.0. The molecule has 0 fully saturated rings. The molecule has 1 rings (SSSR count). The van der Waals surface area contributed by atoms with Gasteiger partial charge < -0.3 is 19.5 Å². The molecule has 0 aliphatic carbocycles. The van der Waals surface area contributed by atoms with Crippen molar-refractivity contribution in [2.75, 3.05) is 40.6 Å². The fraction of sp³-hybridized carbons (Fsp3) is 0.625. The van der Waals surface area contributed by atoms with Crippen molar-refractivity contribution in [1.29, 1.82) is 0 Å². The summed E-state index contributed by atoms with van der Waals surface area (Å²) >= 11 is 3.53. The van der Waals surface area contributed by atoms with E-state index in [9.17, 15) is 0 Å². The topological polar surface area (TPSA) is 39.7 Å². The van der Waals surface area contributed by atoms with Crippen molar-refractivity contribution in [3.8, 4) is 5.75 Å². The minimum absolute atomic E-state index is 0.308. The molecule has 1 N–H and O–H groups in total. The average Bonchev–Trinajstić information content (AvgIpc) is 2.49. The van der Waals surface area contributed by atoms with Crippen LogP contribution < -0.4 is 10.1 Å². The van der Waals surface area contributed by atoms with E-state index in [-0.39, 0.29) is 0 Å². The Kier molecular flexibility index (Phi) is 9.67. The summed E-state index contributed by atoms with van der Waals surface area (Å²) in [5, 5.41) is 3.53. The molecule has 1 aromatic rings. The molecular formula is C16H26BrNO3. The third-order valence-electron chi connectivity index (χ3n) is 3.13. The largest absolute Gasteiger partial charge is 0.496 e. The molecule has 21 heavy (non-hydrogen) atoms. The maximum absolute atomic E-state index is 5.66. The van der Waals surface area contributed by atoms with Gasteiger partial charge in [-0.05, 0) is 53.0 Å². The molecule has 0 aromatic heterocycles. The van der Waals surface area contributed by atoms with E-state index in [0.29, 0.717) is 25.9 Å². The fourth-order valence-corrected chi connectivity index (χ4v) is 2.62. The summed E-state index contributed by atoms with van der Waals surface area (Å²) in [5.74, 6) is 0.855. The summed E-state index contributed by atoms with van der Waals surface area (Å²) in [5.41, 5.74) is 1.26. The molecule has 0 saturated heterocycles. The highest BCUT2D eigenvalue weighted by Gasteiger charge is 2.10. The summed E-state index contributed by atoms with van der Waals surface area (Å²) in [7, 11) is 3.36. The molecule has 4 nitrogen and oxygen atoms in total. The van der Waals surface area contributed by atoms with Gasteiger partial charge in [0, 0.05) is 13.2 Å². The Morgan fingerprint density at radius 1 is 1.24 bits per heavy atom. The van der Waals surface area contributed by atoms with E-state index in [1.54, 1.807) is 14.2 Å². The third kappa shape index (κ3) is 7.27. The van der Waals surface area contributed by atoms with Crippen LogP contribution >= 0.6 is 15.9 Å².